The molecule has 1 saturated heterocycles. The highest BCUT2D eigenvalue weighted by molar-refractivity contribution is 14.0. The van der Waals surface area contributed by atoms with E-state index in [0.29, 0.717) is 12.6 Å². The fourth-order valence-electron chi connectivity index (χ4n) is 3.47. The largest absolute Gasteiger partial charge is 0.363 e. The number of nitrogens with zero attached hydrogens (tertiary/aromatic N) is 5. The molecule has 0 spiro atoms. The third-order valence-corrected chi connectivity index (χ3v) is 5.97. The van der Waals surface area contributed by atoms with Crippen LogP contribution in [-0.4, -0.2) is 46.4 Å². The lowest BCUT2D eigenvalue weighted by molar-refractivity contribution is 0.463. The molecule has 7 nitrogen and oxygen atoms in total. The Balaban J connectivity index is 0.00000256. The van der Waals surface area contributed by atoms with Crippen LogP contribution in [0.1, 0.15) is 25.3 Å². The summed E-state index contributed by atoms with van der Waals surface area (Å²) < 4.78 is 1.75. The van der Waals surface area contributed by atoms with Crippen molar-refractivity contribution in [3.63, 3.8) is 0 Å². The molecular weight excluding hydrogens is 509 g/mol. The van der Waals surface area contributed by atoms with Gasteiger partial charge in [-0.15, -0.1) is 35.3 Å². The molecule has 1 fully saturated rings. The Morgan fingerprint density at radius 3 is 2.63 bits per heavy atom. The van der Waals surface area contributed by atoms with Gasteiger partial charge >= 0.3 is 0 Å². The van der Waals surface area contributed by atoms with E-state index >= 15 is 0 Å². The molecule has 3 heterocycles. The number of aliphatic imine (C=N–C) groups is 1. The molecule has 0 bridgehead atoms. The molecule has 2 N–H and O–H groups in total. The van der Waals surface area contributed by atoms with Crippen LogP contribution in [0.4, 0.5) is 5.00 Å². The molecule has 2 aromatic heterocycles. The first-order valence-electron chi connectivity index (χ1n) is 10.1. The lowest BCUT2D eigenvalue weighted by Gasteiger charge is -2.33. The number of piperidine rings is 1. The summed E-state index contributed by atoms with van der Waals surface area (Å²) in [4.78, 5) is 11.2. The van der Waals surface area contributed by atoms with Crippen molar-refractivity contribution < 1.29 is 0 Å². The van der Waals surface area contributed by atoms with Crippen molar-refractivity contribution in [2.24, 2.45) is 4.99 Å². The van der Waals surface area contributed by atoms with Gasteiger partial charge in [-0.05, 0) is 55.0 Å². The molecule has 3 aromatic rings. The molecule has 0 atom stereocenters. The number of aromatic nitrogens is 3. The lowest BCUT2D eigenvalue weighted by Crippen LogP contribution is -2.48. The zero-order chi connectivity index (χ0) is 19.9. The average Bonchev–Trinajstić information content (AvgIpc) is 3.47. The van der Waals surface area contributed by atoms with Gasteiger partial charge in [0.15, 0.2) is 5.96 Å². The zero-order valence-corrected chi connectivity index (χ0v) is 20.2. The summed E-state index contributed by atoms with van der Waals surface area (Å²) in [6.45, 7) is 5.76. The standard InChI is InChI=1S/C21H27N7S.HI/c1-2-23-21(26-18-9-11-27(12-10-18)20-4-3-13-29-20)24-14-17-5-7-19(8-6-17)28-16-22-15-25-28;/h3-8,13,15-16,18H,2,9-12,14H2,1H3,(H2,23,24,26);1H. The Morgan fingerprint density at radius 1 is 1.20 bits per heavy atom. The van der Waals surface area contributed by atoms with Crippen LogP contribution in [0.3, 0.4) is 0 Å². The van der Waals surface area contributed by atoms with Gasteiger partial charge in [-0.2, -0.15) is 5.10 Å². The van der Waals surface area contributed by atoms with E-state index < -0.39 is 0 Å². The Labute approximate surface area is 198 Å². The van der Waals surface area contributed by atoms with Crippen LogP contribution in [-0.2, 0) is 6.54 Å². The van der Waals surface area contributed by atoms with Gasteiger partial charge in [0, 0.05) is 25.7 Å². The Kier molecular flexibility index (Phi) is 8.50. The SMILES string of the molecule is CCNC(=NCc1ccc(-n2cncn2)cc1)NC1CCN(c2cccs2)CC1.I. The average molecular weight is 537 g/mol. The highest BCUT2D eigenvalue weighted by atomic mass is 127. The Hall–Kier alpha value is -2.14. The molecule has 1 aliphatic heterocycles. The van der Waals surface area contributed by atoms with Gasteiger partial charge in [-0.3, -0.25) is 0 Å². The van der Waals surface area contributed by atoms with Crippen LogP contribution in [0.2, 0.25) is 0 Å². The molecule has 1 aromatic carbocycles. The van der Waals surface area contributed by atoms with Crippen molar-refractivity contribution in [3.8, 4) is 5.69 Å². The smallest absolute Gasteiger partial charge is 0.191 e. The van der Waals surface area contributed by atoms with Crippen molar-refractivity contribution in [2.45, 2.75) is 32.4 Å². The quantitative estimate of drug-likeness (QED) is 0.285. The third kappa shape index (κ3) is 5.94. The highest BCUT2D eigenvalue weighted by Gasteiger charge is 2.20. The minimum atomic E-state index is 0. The van der Waals surface area contributed by atoms with Crippen LogP contribution in [0.15, 0.2) is 59.4 Å². The van der Waals surface area contributed by atoms with E-state index in [1.54, 1.807) is 11.0 Å². The molecule has 4 rings (SSSR count). The van der Waals surface area contributed by atoms with Crippen molar-refractivity contribution in [1.29, 1.82) is 0 Å². The summed E-state index contributed by atoms with van der Waals surface area (Å²) in [5.41, 5.74) is 2.16. The number of benzene rings is 1. The first-order valence-corrected chi connectivity index (χ1v) is 11.0. The molecule has 30 heavy (non-hydrogen) atoms. The number of nitrogens with one attached hydrogen (secondary N) is 2. The minimum Gasteiger partial charge on any atom is -0.363 e. The van der Waals surface area contributed by atoms with E-state index in [0.717, 1.165) is 44.1 Å². The van der Waals surface area contributed by atoms with Crippen molar-refractivity contribution in [2.75, 3.05) is 24.5 Å². The van der Waals surface area contributed by atoms with Crippen LogP contribution >= 0.6 is 35.3 Å². The van der Waals surface area contributed by atoms with Gasteiger partial charge in [0.25, 0.3) is 0 Å². The van der Waals surface area contributed by atoms with E-state index in [2.05, 4.69) is 62.2 Å². The van der Waals surface area contributed by atoms with Crippen LogP contribution in [0.25, 0.3) is 5.69 Å². The van der Waals surface area contributed by atoms with Gasteiger partial charge in [0.2, 0.25) is 0 Å². The lowest BCUT2D eigenvalue weighted by atomic mass is 10.1. The highest BCUT2D eigenvalue weighted by Crippen LogP contribution is 2.24. The third-order valence-electron chi connectivity index (χ3n) is 5.04. The molecule has 1 aliphatic rings. The van der Waals surface area contributed by atoms with Gasteiger partial charge < -0.3 is 15.5 Å². The van der Waals surface area contributed by atoms with E-state index in [-0.39, 0.29) is 24.0 Å². The Morgan fingerprint density at radius 2 is 2.00 bits per heavy atom. The Bertz CT molecular complexity index is 886. The first kappa shape index (κ1) is 22.5. The summed E-state index contributed by atoms with van der Waals surface area (Å²) in [6.07, 6.45) is 5.48. The molecule has 0 aliphatic carbocycles. The van der Waals surface area contributed by atoms with E-state index in [1.807, 2.05) is 23.5 Å². The van der Waals surface area contributed by atoms with Crippen LogP contribution in [0.5, 0.6) is 0 Å². The van der Waals surface area contributed by atoms with Gasteiger partial charge in [0.1, 0.15) is 12.7 Å². The molecular formula is C21H28IN7S. The van der Waals surface area contributed by atoms with Gasteiger partial charge in [-0.1, -0.05) is 12.1 Å². The molecule has 160 valence electrons. The van der Waals surface area contributed by atoms with Crippen LogP contribution < -0.4 is 15.5 Å². The second-order valence-corrected chi connectivity index (χ2v) is 7.98. The number of anilines is 1. The molecule has 0 radical (unpaired) electrons. The summed E-state index contributed by atoms with van der Waals surface area (Å²) in [6, 6.07) is 13.0. The predicted octanol–water partition coefficient (Wildman–Crippen LogP) is 3.67. The summed E-state index contributed by atoms with van der Waals surface area (Å²) >= 11 is 1.82. The molecule has 0 unspecified atom stereocenters. The normalized spacial score (nSPS) is 15.0. The van der Waals surface area contributed by atoms with Crippen molar-refractivity contribution in [1.82, 2.24) is 25.4 Å². The summed E-state index contributed by atoms with van der Waals surface area (Å²) in [7, 11) is 0. The summed E-state index contributed by atoms with van der Waals surface area (Å²) in [5.74, 6) is 0.891. The number of halogens is 1. The maximum atomic E-state index is 4.79. The molecule has 0 saturated carbocycles. The second kappa shape index (κ2) is 11.3. The fraction of sp³-hybridized carbons (Fsp3) is 0.381. The topological polar surface area (TPSA) is 70.4 Å². The van der Waals surface area contributed by atoms with E-state index in [1.165, 1.54) is 16.9 Å². The van der Waals surface area contributed by atoms with Crippen molar-refractivity contribution >= 4 is 46.3 Å². The number of thiophene rings is 1. The second-order valence-electron chi connectivity index (χ2n) is 7.06. The maximum absolute atomic E-state index is 4.79. The molecule has 0 amide bonds. The fourth-order valence-corrected chi connectivity index (χ4v) is 4.26. The van der Waals surface area contributed by atoms with E-state index in [9.17, 15) is 0 Å². The predicted molar refractivity (Wildman–Crippen MR) is 134 cm³/mol. The summed E-state index contributed by atoms with van der Waals surface area (Å²) in [5, 5.41) is 14.7. The monoisotopic (exact) mass is 537 g/mol. The first-order chi connectivity index (χ1) is 14.3. The van der Waals surface area contributed by atoms with Crippen molar-refractivity contribution in [3.05, 3.63) is 60.0 Å². The van der Waals surface area contributed by atoms with Gasteiger partial charge in [-0.25, -0.2) is 14.7 Å². The number of rotatable bonds is 6. The van der Waals surface area contributed by atoms with Gasteiger partial charge in [0.05, 0.1) is 17.2 Å². The maximum Gasteiger partial charge on any atom is 0.191 e. The van der Waals surface area contributed by atoms with E-state index in [4.69, 9.17) is 4.99 Å². The number of hydrogen-bond donors (Lipinski definition) is 2. The van der Waals surface area contributed by atoms with Crippen LogP contribution in [0, 0.1) is 0 Å². The number of hydrogen-bond acceptors (Lipinski definition) is 5. The number of guanidine groups is 1. The zero-order valence-electron chi connectivity index (χ0n) is 17.1. The molecule has 9 heteroatoms. The minimum absolute atomic E-state index is 0.